The van der Waals surface area contributed by atoms with Crippen molar-refractivity contribution >= 4 is 5.69 Å². The summed E-state index contributed by atoms with van der Waals surface area (Å²) in [6, 6.07) is 6.53. The molecular weight excluding hydrogens is 281 g/mol. The highest BCUT2D eigenvalue weighted by molar-refractivity contribution is 5.74. The normalized spacial score (nSPS) is 11.4. The van der Waals surface area contributed by atoms with E-state index in [1.54, 1.807) is 0 Å². The second-order valence-electron chi connectivity index (χ2n) is 3.87. The van der Waals surface area contributed by atoms with Crippen LogP contribution in [0.4, 0.5) is 27.6 Å². The molecule has 0 aliphatic carbocycles. The molecular formula is C13H8F5NO. The number of nitrogen functional groups attached to an aromatic ring is 1. The van der Waals surface area contributed by atoms with Gasteiger partial charge >= 0.3 is 6.36 Å². The standard InChI is InChI=1S/C13H8F5NO/c14-8-5-6-9(19)12(15)11(8)7-3-1-2-4-10(7)20-13(16,17)18/h1-6H,19H2. The predicted molar refractivity (Wildman–Crippen MR) is 62.9 cm³/mol. The number of hydrogen-bond acceptors (Lipinski definition) is 2. The van der Waals surface area contributed by atoms with Crippen molar-refractivity contribution in [3.8, 4) is 16.9 Å². The topological polar surface area (TPSA) is 35.2 Å². The highest BCUT2D eigenvalue weighted by atomic mass is 19.4. The summed E-state index contributed by atoms with van der Waals surface area (Å²) in [6.45, 7) is 0. The van der Waals surface area contributed by atoms with E-state index in [4.69, 9.17) is 5.73 Å². The van der Waals surface area contributed by atoms with Gasteiger partial charge in [-0.25, -0.2) is 8.78 Å². The van der Waals surface area contributed by atoms with E-state index in [-0.39, 0.29) is 11.3 Å². The summed E-state index contributed by atoms with van der Waals surface area (Å²) in [5.41, 5.74) is 3.90. The van der Waals surface area contributed by atoms with Crippen molar-refractivity contribution in [2.24, 2.45) is 0 Å². The fourth-order valence-electron chi connectivity index (χ4n) is 1.70. The Hall–Kier alpha value is -2.31. The van der Waals surface area contributed by atoms with Crippen LogP contribution in [0.15, 0.2) is 36.4 Å². The van der Waals surface area contributed by atoms with Gasteiger partial charge < -0.3 is 10.5 Å². The second kappa shape index (κ2) is 4.99. The van der Waals surface area contributed by atoms with Gasteiger partial charge in [-0.05, 0) is 18.2 Å². The molecule has 0 radical (unpaired) electrons. The third kappa shape index (κ3) is 2.81. The lowest BCUT2D eigenvalue weighted by Crippen LogP contribution is -2.17. The Morgan fingerprint density at radius 3 is 2.25 bits per heavy atom. The van der Waals surface area contributed by atoms with Crippen LogP contribution in [0.25, 0.3) is 11.1 Å². The minimum Gasteiger partial charge on any atom is -0.405 e. The average molecular weight is 289 g/mol. The summed E-state index contributed by atoms with van der Waals surface area (Å²) >= 11 is 0. The van der Waals surface area contributed by atoms with Crippen LogP contribution in [0.2, 0.25) is 0 Å². The first-order chi connectivity index (χ1) is 9.29. The molecule has 0 amide bonds. The first-order valence-electron chi connectivity index (χ1n) is 5.38. The summed E-state index contributed by atoms with van der Waals surface area (Å²) in [7, 11) is 0. The molecule has 7 heteroatoms. The van der Waals surface area contributed by atoms with Gasteiger partial charge in [0.25, 0.3) is 0 Å². The fraction of sp³-hybridized carbons (Fsp3) is 0.0769. The first kappa shape index (κ1) is 14.1. The molecule has 0 saturated heterocycles. The fourth-order valence-corrected chi connectivity index (χ4v) is 1.70. The maximum Gasteiger partial charge on any atom is 0.573 e. The molecule has 0 spiro atoms. The number of halogens is 5. The van der Waals surface area contributed by atoms with E-state index in [1.165, 1.54) is 12.1 Å². The molecule has 0 saturated carbocycles. The average Bonchev–Trinajstić information content (AvgIpc) is 2.35. The van der Waals surface area contributed by atoms with E-state index < -0.39 is 29.3 Å². The summed E-state index contributed by atoms with van der Waals surface area (Å²) in [4.78, 5) is 0. The SMILES string of the molecule is Nc1ccc(F)c(-c2ccccc2OC(F)(F)F)c1F. The van der Waals surface area contributed by atoms with Crippen LogP contribution in [-0.2, 0) is 0 Å². The van der Waals surface area contributed by atoms with Gasteiger partial charge in [-0.15, -0.1) is 13.2 Å². The molecule has 0 fully saturated rings. The van der Waals surface area contributed by atoms with Gasteiger partial charge in [0.2, 0.25) is 0 Å². The number of hydrogen-bond donors (Lipinski definition) is 1. The molecule has 2 nitrogen and oxygen atoms in total. The predicted octanol–water partition coefficient (Wildman–Crippen LogP) is 4.11. The Morgan fingerprint density at radius 1 is 0.950 bits per heavy atom. The Labute approximate surface area is 110 Å². The zero-order valence-corrected chi connectivity index (χ0v) is 9.84. The van der Waals surface area contributed by atoms with E-state index in [9.17, 15) is 22.0 Å². The van der Waals surface area contributed by atoms with Gasteiger partial charge in [0.15, 0.2) is 5.82 Å². The van der Waals surface area contributed by atoms with E-state index in [0.717, 1.165) is 24.3 Å². The molecule has 2 aromatic carbocycles. The van der Waals surface area contributed by atoms with Crippen LogP contribution in [0.5, 0.6) is 5.75 Å². The molecule has 2 N–H and O–H groups in total. The van der Waals surface area contributed by atoms with Crippen molar-refractivity contribution in [3.63, 3.8) is 0 Å². The lowest BCUT2D eigenvalue weighted by molar-refractivity contribution is -0.274. The van der Waals surface area contributed by atoms with Crippen molar-refractivity contribution in [3.05, 3.63) is 48.0 Å². The smallest absolute Gasteiger partial charge is 0.405 e. The van der Waals surface area contributed by atoms with Gasteiger partial charge in [0.05, 0.1) is 11.3 Å². The van der Waals surface area contributed by atoms with E-state index in [1.807, 2.05) is 0 Å². The van der Waals surface area contributed by atoms with Gasteiger partial charge in [0, 0.05) is 5.56 Å². The summed E-state index contributed by atoms with van der Waals surface area (Å²) in [5, 5.41) is 0. The van der Waals surface area contributed by atoms with Gasteiger partial charge in [-0.3, -0.25) is 0 Å². The molecule has 20 heavy (non-hydrogen) atoms. The first-order valence-corrected chi connectivity index (χ1v) is 5.38. The summed E-state index contributed by atoms with van der Waals surface area (Å²) in [6.07, 6.45) is -4.97. The Balaban J connectivity index is 2.62. The highest BCUT2D eigenvalue weighted by Gasteiger charge is 2.32. The van der Waals surface area contributed by atoms with Gasteiger partial charge in [0.1, 0.15) is 11.6 Å². The maximum absolute atomic E-state index is 13.9. The zero-order valence-electron chi connectivity index (χ0n) is 9.84. The number of rotatable bonds is 2. The van der Waals surface area contributed by atoms with Crippen molar-refractivity contribution in [1.82, 2.24) is 0 Å². The molecule has 0 aliphatic rings. The van der Waals surface area contributed by atoms with Gasteiger partial charge in [-0.2, -0.15) is 0 Å². The molecule has 2 rings (SSSR count). The summed E-state index contributed by atoms with van der Waals surface area (Å²) in [5.74, 6) is -2.87. The van der Waals surface area contributed by atoms with Crippen molar-refractivity contribution in [1.29, 1.82) is 0 Å². The van der Waals surface area contributed by atoms with Gasteiger partial charge in [-0.1, -0.05) is 18.2 Å². The Kier molecular flexibility index (Phi) is 3.52. The molecule has 0 bridgehead atoms. The number of benzene rings is 2. The molecule has 106 valence electrons. The number of para-hydroxylation sites is 1. The van der Waals surface area contributed by atoms with E-state index in [0.29, 0.717) is 0 Å². The number of ether oxygens (including phenoxy) is 1. The number of anilines is 1. The van der Waals surface area contributed by atoms with Crippen LogP contribution < -0.4 is 10.5 Å². The van der Waals surface area contributed by atoms with Crippen LogP contribution in [-0.4, -0.2) is 6.36 Å². The quantitative estimate of drug-likeness (QED) is 0.667. The third-order valence-corrected chi connectivity index (χ3v) is 2.50. The van der Waals surface area contributed by atoms with Crippen LogP contribution >= 0.6 is 0 Å². The Bertz CT molecular complexity index is 639. The molecule has 0 unspecified atom stereocenters. The number of nitrogens with two attached hydrogens (primary N) is 1. The molecule has 0 aliphatic heterocycles. The van der Waals surface area contributed by atoms with Crippen molar-refractivity contribution < 1.29 is 26.7 Å². The van der Waals surface area contributed by atoms with Crippen LogP contribution in [0.3, 0.4) is 0 Å². The monoisotopic (exact) mass is 289 g/mol. The zero-order chi connectivity index (χ0) is 14.9. The molecule has 0 heterocycles. The van der Waals surface area contributed by atoms with E-state index >= 15 is 0 Å². The third-order valence-electron chi connectivity index (χ3n) is 2.50. The van der Waals surface area contributed by atoms with Crippen molar-refractivity contribution in [2.45, 2.75) is 6.36 Å². The lowest BCUT2D eigenvalue weighted by atomic mass is 10.0. The lowest BCUT2D eigenvalue weighted by Gasteiger charge is -2.14. The largest absolute Gasteiger partial charge is 0.573 e. The maximum atomic E-state index is 13.9. The van der Waals surface area contributed by atoms with Crippen molar-refractivity contribution in [2.75, 3.05) is 5.73 Å². The minimum absolute atomic E-state index is 0.368. The van der Waals surface area contributed by atoms with Crippen LogP contribution in [0.1, 0.15) is 0 Å². The molecule has 2 aromatic rings. The second-order valence-corrected chi connectivity index (χ2v) is 3.87. The summed E-state index contributed by atoms with van der Waals surface area (Å²) < 4.78 is 68.2. The molecule has 0 atom stereocenters. The van der Waals surface area contributed by atoms with Crippen LogP contribution in [0, 0.1) is 11.6 Å². The highest BCUT2D eigenvalue weighted by Crippen LogP contribution is 2.37. The minimum atomic E-state index is -4.97. The Morgan fingerprint density at radius 2 is 1.60 bits per heavy atom. The molecule has 0 aromatic heterocycles. The number of alkyl halides is 3. The van der Waals surface area contributed by atoms with E-state index in [2.05, 4.69) is 4.74 Å².